The van der Waals surface area contributed by atoms with Crippen molar-refractivity contribution in [3.8, 4) is 0 Å². The molecule has 7 nitrogen and oxygen atoms in total. The highest BCUT2D eigenvalue weighted by molar-refractivity contribution is 7.99. The molecule has 1 aliphatic heterocycles. The Morgan fingerprint density at radius 2 is 2.16 bits per heavy atom. The van der Waals surface area contributed by atoms with Gasteiger partial charge in [0.1, 0.15) is 5.00 Å². The number of carbonyl (C=O) groups is 2. The molecule has 0 unspecified atom stereocenters. The van der Waals surface area contributed by atoms with Gasteiger partial charge < -0.3 is 15.4 Å². The van der Waals surface area contributed by atoms with E-state index >= 15 is 0 Å². The number of halogens is 1. The molecule has 0 saturated carbocycles. The van der Waals surface area contributed by atoms with Gasteiger partial charge >= 0.3 is 0 Å². The lowest BCUT2D eigenvalue weighted by Gasteiger charge is -2.13. The van der Waals surface area contributed by atoms with Crippen LogP contribution >= 0.6 is 34.7 Å². The van der Waals surface area contributed by atoms with Crippen LogP contribution in [0.25, 0.3) is 0 Å². The Morgan fingerprint density at radius 3 is 2.90 bits per heavy atom. The van der Waals surface area contributed by atoms with Crippen LogP contribution < -0.4 is 10.6 Å². The fraction of sp³-hybridized carbons (Fsp3) is 0.524. The summed E-state index contributed by atoms with van der Waals surface area (Å²) in [6.45, 7) is 5.27. The number of rotatable bonds is 7. The molecule has 3 heterocycles. The lowest BCUT2D eigenvalue weighted by molar-refractivity contribution is 0.0858. The standard InChI is InChI=1S/C21H25ClN4O3S2/c1-11(2)30-21-24-10-14(22)17(25-21)19(28)26-20-16(13-6-3-7-15(13)31-20)18(27)23-9-12-5-4-8-29-12/h10-12H,3-9H2,1-2H3,(H,23,27)(H,26,28)/t12-/m1/s1. The van der Waals surface area contributed by atoms with Gasteiger partial charge in [-0.1, -0.05) is 37.2 Å². The number of ether oxygens (including phenoxy) is 1. The Bertz CT molecular complexity index is 989. The van der Waals surface area contributed by atoms with E-state index in [0.29, 0.717) is 22.3 Å². The number of carbonyl (C=O) groups excluding carboxylic acids is 2. The minimum Gasteiger partial charge on any atom is -0.376 e. The van der Waals surface area contributed by atoms with Gasteiger partial charge in [-0.15, -0.1) is 11.3 Å². The largest absolute Gasteiger partial charge is 0.376 e. The van der Waals surface area contributed by atoms with Crippen LogP contribution in [0.4, 0.5) is 5.00 Å². The molecular formula is C21H25ClN4O3S2. The van der Waals surface area contributed by atoms with Crippen molar-refractivity contribution >= 4 is 51.5 Å². The van der Waals surface area contributed by atoms with E-state index in [2.05, 4.69) is 20.6 Å². The zero-order valence-electron chi connectivity index (χ0n) is 17.5. The molecular weight excluding hydrogens is 456 g/mol. The van der Waals surface area contributed by atoms with Crippen molar-refractivity contribution in [1.82, 2.24) is 15.3 Å². The molecule has 0 radical (unpaired) electrons. The summed E-state index contributed by atoms with van der Waals surface area (Å²) in [5.41, 5.74) is 1.71. The van der Waals surface area contributed by atoms with E-state index in [1.807, 2.05) is 13.8 Å². The van der Waals surface area contributed by atoms with Crippen molar-refractivity contribution in [2.75, 3.05) is 18.5 Å². The molecule has 1 saturated heterocycles. The number of anilines is 1. The summed E-state index contributed by atoms with van der Waals surface area (Å²) in [6.07, 6.45) is 6.26. The number of aromatic nitrogens is 2. The van der Waals surface area contributed by atoms with E-state index in [0.717, 1.165) is 49.2 Å². The molecule has 31 heavy (non-hydrogen) atoms. The SMILES string of the molecule is CC(C)Sc1ncc(Cl)c(C(=O)Nc2sc3c(c2C(=O)NC[C@H]2CCCO2)CCC3)n1. The second kappa shape index (κ2) is 9.85. The lowest BCUT2D eigenvalue weighted by Crippen LogP contribution is -2.32. The first kappa shape index (κ1) is 22.5. The molecule has 2 aromatic heterocycles. The molecule has 0 spiro atoms. The van der Waals surface area contributed by atoms with Crippen LogP contribution in [0.5, 0.6) is 0 Å². The highest BCUT2D eigenvalue weighted by Gasteiger charge is 2.29. The third-order valence-corrected chi connectivity index (χ3v) is 7.53. The number of thioether (sulfide) groups is 1. The average Bonchev–Trinajstić information content (AvgIpc) is 3.44. The molecule has 4 rings (SSSR count). The second-order valence-corrected chi connectivity index (χ2v) is 10.9. The number of aryl methyl sites for hydroxylation is 1. The average molecular weight is 481 g/mol. The Kier molecular flexibility index (Phi) is 7.15. The first-order chi connectivity index (χ1) is 14.9. The predicted molar refractivity (Wildman–Crippen MR) is 124 cm³/mol. The number of nitrogens with one attached hydrogen (secondary N) is 2. The monoisotopic (exact) mass is 480 g/mol. The van der Waals surface area contributed by atoms with Gasteiger partial charge in [0.2, 0.25) is 0 Å². The van der Waals surface area contributed by atoms with Crippen molar-refractivity contribution in [3.63, 3.8) is 0 Å². The summed E-state index contributed by atoms with van der Waals surface area (Å²) in [7, 11) is 0. The van der Waals surface area contributed by atoms with E-state index in [9.17, 15) is 9.59 Å². The molecule has 0 aromatic carbocycles. The van der Waals surface area contributed by atoms with Gasteiger partial charge in [-0.2, -0.15) is 0 Å². The van der Waals surface area contributed by atoms with Crippen LogP contribution in [0.15, 0.2) is 11.4 Å². The Balaban J connectivity index is 1.54. The van der Waals surface area contributed by atoms with Crippen molar-refractivity contribution in [1.29, 1.82) is 0 Å². The maximum atomic E-state index is 13.0. The summed E-state index contributed by atoms with van der Waals surface area (Å²) in [5, 5.41) is 7.37. The summed E-state index contributed by atoms with van der Waals surface area (Å²) in [5.74, 6) is -0.610. The third-order valence-electron chi connectivity index (χ3n) is 5.17. The Hall–Kier alpha value is -1.68. The first-order valence-corrected chi connectivity index (χ1v) is 12.5. The third kappa shape index (κ3) is 5.22. The van der Waals surface area contributed by atoms with Crippen LogP contribution in [0.3, 0.4) is 0 Å². The number of amides is 2. The highest BCUT2D eigenvalue weighted by atomic mass is 35.5. The predicted octanol–water partition coefficient (Wildman–Crippen LogP) is 4.34. The Morgan fingerprint density at radius 1 is 1.32 bits per heavy atom. The van der Waals surface area contributed by atoms with Gasteiger partial charge in [-0.3, -0.25) is 9.59 Å². The Labute approximate surface area is 194 Å². The molecule has 10 heteroatoms. The molecule has 2 N–H and O–H groups in total. The van der Waals surface area contributed by atoms with E-state index in [1.54, 1.807) is 0 Å². The van der Waals surface area contributed by atoms with Crippen LogP contribution in [-0.2, 0) is 17.6 Å². The number of nitrogens with zero attached hydrogens (tertiary/aromatic N) is 2. The van der Waals surface area contributed by atoms with Crippen molar-refractivity contribution in [2.24, 2.45) is 0 Å². The van der Waals surface area contributed by atoms with Crippen LogP contribution in [0, 0.1) is 0 Å². The smallest absolute Gasteiger partial charge is 0.276 e. The zero-order valence-corrected chi connectivity index (χ0v) is 19.9. The number of thiophene rings is 1. The summed E-state index contributed by atoms with van der Waals surface area (Å²) >= 11 is 9.13. The molecule has 2 aromatic rings. The molecule has 0 bridgehead atoms. The quantitative estimate of drug-likeness (QED) is 0.452. The molecule has 1 fully saturated rings. The first-order valence-electron chi connectivity index (χ1n) is 10.5. The molecule has 2 amide bonds. The van der Waals surface area contributed by atoms with E-state index in [1.165, 1.54) is 29.3 Å². The van der Waals surface area contributed by atoms with E-state index in [-0.39, 0.29) is 28.0 Å². The lowest BCUT2D eigenvalue weighted by atomic mass is 10.1. The fourth-order valence-corrected chi connectivity index (χ4v) is 5.91. The number of hydrogen-bond acceptors (Lipinski definition) is 7. The van der Waals surface area contributed by atoms with Gasteiger partial charge in [0, 0.05) is 23.3 Å². The van der Waals surface area contributed by atoms with E-state index in [4.69, 9.17) is 16.3 Å². The fourth-order valence-electron chi connectivity index (χ4n) is 3.77. The van der Waals surface area contributed by atoms with E-state index < -0.39 is 5.91 Å². The topological polar surface area (TPSA) is 93.2 Å². The maximum Gasteiger partial charge on any atom is 0.276 e. The number of hydrogen-bond donors (Lipinski definition) is 2. The number of fused-ring (bicyclic) bond motifs is 1. The van der Waals surface area contributed by atoms with Crippen LogP contribution in [-0.4, -0.2) is 46.3 Å². The van der Waals surface area contributed by atoms with Gasteiger partial charge in [0.25, 0.3) is 11.8 Å². The highest BCUT2D eigenvalue weighted by Crippen LogP contribution is 2.39. The van der Waals surface area contributed by atoms with Crippen molar-refractivity contribution in [2.45, 2.75) is 62.5 Å². The normalized spacial score (nSPS) is 17.7. The second-order valence-electron chi connectivity index (χ2n) is 7.88. The van der Waals surface area contributed by atoms with Crippen LogP contribution in [0.1, 0.15) is 64.4 Å². The van der Waals surface area contributed by atoms with Gasteiger partial charge in [-0.25, -0.2) is 9.97 Å². The summed E-state index contributed by atoms with van der Waals surface area (Å²) < 4.78 is 5.61. The molecule has 1 atom stereocenters. The van der Waals surface area contributed by atoms with Crippen molar-refractivity contribution in [3.05, 3.63) is 32.9 Å². The van der Waals surface area contributed by atoms with Gasteiger partial charge in [0.15, 0.2) is 10.9 Å². The minimum atomic E-state index is -0.439. The van der Waals surface area contributed by atoms with Crippen LogP contribution in [0.2, 0.25) is 5.02 Å². The zero-order chi connectivity index (χ0) is 22.0. The summed E-state index contributed by atoms with van der Waals surface area (Å²) in [4.78, 5) is 35.7. The summed E-state index contributed by atoms with van der Waals surface area (Å²) in [6, 6.07) is 0. The van der Waals surface area contributed by atoms with Gasteiger partial charge in [0.05, 0.1) is 22.9 Å². The van der Waals surface area contributed by atoms with Crippen molar-refractivity contribution < 1.29 is 14.3 Å². The molecule has 2 aliphatic rings. The van der Waals surface area contributed by atoms with Gasteiger partial charge in [-0.05, 0) is 37.7 Å². The molecule has 1 aliphatic carbocycles. The minimum absolute atomic E-state index is 0.0605. The molecule has 166 valence electrons. The maximum absolute atomic E-state index is 13.0.